The van der Waals surface area contributed by atoms with Gasteiger partial charge < -0.3 is 5.73 Å². The molecule has 0 saturated heterocycles. The summed E-state index contributed by atoms with van der Waals surface area (Å²) in [4.78, 5) is 6.21. The first-order valence-corrected chi connectivity index (χ1v) is 7.48. The molecule has 0 spiro atoms. The number of fused-ring (bicyclic) bond motifs is 3. The summed E-state index contributed by atoms with van der Waals surface area (Å²) >= 11 is 1.78. The van der Waals surface area contributed by atoms with Crippen LogP contribution in [0.2, 0.25) is 0 Å². The van der Waals surface area contributed by atoms with E-state index in [1.54, 1.807) is 11.3 Å². The quantitative estimate of drug-likeness (QED) is 0.528. The van der Waals surface area contributed by atoms with E-state index in [0.717, 1.165) is 28.4 Å². The standard InChI is InChI=1S/C17H14N2S/c1-10-5-6-11-9-15-16(14(11)7-10)19-17(20-15)12-3-2-4-13(18)8-12/h2-8H,9,18H2,1H3. The van der Waals surface area contributed by atoms with Gasteiger partial charge in [-0.3, -0.25) is 0 Å². The molecule has 0 aliphatic heterocycles. The number of nitrogen functional groups attached to an aromatic ring is 1. The third kappa shape index (κ3) is 1.74. The fraction of sp³-hybridized carbons (Fsp3) is 0.118. The number of nitrogens with zero attached hydrogens (tertiary/aromatic N) is 1. The van der Waals surface area contributed by atoms with E-state index < -0.39 is 0 Å². The van der Waals surface area contributed by atoms with Gasteiger partial charge in [-0.05, 0) is 30.7 Å². The van der Waals surface area contributed by atoms with Crippen molar-refractivity contribution in [3.05, 3.63) is 58.5 Å². The lowest BCUT2D eigenvalue weighted by Crippen LogP contribution is -1.86. The van der Waals surface area contributed by atoms with Gasteiger partial charge in [0.05, 0.1) is 5.69 Å². The molecule has 1 aliphatic rings. The van der Waals surface area contributed by atoms with Crippen molar-refractivity contribution >= 4 is 17.0 Å². The zero-order valence-corrected chi connectivity index (χ0v) is 12.0. The van der Waals surface area contributed by atoms with E-state index in [2.05, 4.69) is 31.2 Å². The Morgan fingerprint density at radius 2 is 2.05 bits per heavy atom. The van der Waals surface area contributed by atoms with Gasteiger partial charge in [0.2, 0.25) is 0 Å². The molecule has 2 aromatic carbocycles. The van der Waals surface area contributed by atoms with E-state index in [-0.39, 0.29) is 0 Å². The average Bonchev–Trinajstić information content (AvgIpc) is 2.97. The first kappa shape index (κ1) is 11.7. The van der Waals surface area contributed by atoms with Crippen molar-refractivity contribution in [1.82, 2.24) is 4.98 Å². The highest BCUT2D eigenvalue weighted by atomic mass is 32.1. The van der Waals surface area contributed by atoms with Crippen molar-refractivity contribution in [1.29, 1.82) is 0 Å². The van der Waals surface area contributed by atoms with Gasteiger partial charge >= 0.3 is 0 Å². The molecule has 0 fully saturated rings. The molecule has 0 saturated carbocycles. The van der Waals surface area contributed by atoms with Crippen molar-refractivity contribution in [2.75, 3.05) is 5.73 Å². The van der Waals surface area contributed by atoms with Crippen LogP contribution in [0.15, 0.2) is 42.5 Å². The predicted octanol–water partition coefficient (Wildman–Crippen LogP) is 4.27. The van der Waals surface area contributed by atoms with Crippen LogP contribution in [-0.4, -0.2) is 4.98 Å². The molecule has 2 N–H and O–H groups in total. The number of hydrogen-bond acceptors (Lipinski definition) is 3. The Morgan fingerprint density at radius 1 is 1.15 bits per heavy atom. The molecule has 2 nitrogen and oxygen atoms in total. The molecule has 4 rings (SSSR count). The minimum absolute atomic E-state index is 0.786. The summed E-state index contributed by atoms with van der Waals surface area (Å²) in [6, 6.07) is 14.6. The Balaban J connectivity index is 1.84. The molecule has 0 atom stereocenters. The lowest BCUT2D eigenvalue weighted by Gasteiger charge is -2.01. The highest BCUT2D eigenvalue weighted by molar-refractivity contribution is 7.15. The minimum atomic E-state index is 0.786. The molecule has 0 unspecified atom stereocenters. The number of thiazole rings is 1. The predicted molar refractivity (Wildman–Crippen MR) is 84.9 cm³/mol. The molecule has 1 aliphatic carbocycles. The maximum absolute atomic E-state index is 5.86. The van der Waals surface area contributed by atoms with Crippen molar-refractivity contribution < 1.29 is 0 Å². The Kier molecular flexibility index (Phi) is 2.44. The summed E-state index contributed by atoms with van der Waals surface area (Å²) in [5.74, 6) is 0. The second kappa shape index (κ2) is 4.18. The molecule has 0 bridgehead atoms. The summed E-state index contributed by atoms with van der Waals surface area (Å²) in [5, 5.41) is 1.06. The Labute approximate surface area is 121 Å². The molecule has 3 aromatic rings. The molecule has 1 heterocycles. The van der Waals surface area contributed by atoms with Gasteiger partial charge in [0, 0.05) is 28.1 Å². The fourth-order valence-electron chi connectivity index (χ4n) is 2.72. The van der Waals surface area contributed by atoms with Crippen LogP contribution in [0.1, 0.15) is 16.0 Å². The van der Waals surface area contributed by atoms with Crippen molar-refractivity contribution in [2.24, 2.45) is 0 Å². The number of hydrogen-bond donors (Lipinski definition) is 1. The molecular formula is C17H14N2S. The van der Waals surface area contributed by atoms with Gasteiger partial charge in [0.25, 0.3) is 0 Å². The minimum Gasteiger partial charge on any atom is -0.399 e. The van der Waals surface area contributed by atoms with Crippen LogP contribution in [0.25, 0.3) is 21.8 Å². The van der Waals surface area contributed by atoms with Gasteiger partial charge in [-0.2, -0.15) is 0 Å². The van der Waals surface area contributed by atoms with Gasteiger partial charge in [0.15, 0.2) is 0 Å². The summed E-state index contributed by atoms with van der Waals surface area (Å²) in [5.41, 5.74) is 12.9. The third-order valence-electron chi connectivity index (χ3n) is 3.70. The van der Waals surface area contributed by atoms with Crippen LogP contribution in [0, 0.1) is 6.92 Å². The van der Waals surface area contributed by atoms with Gasteiger partial charge in [-0.15, -0.1) is 11.3 Å². The number of nitrogens with two attached hydrogens (primary N) is 1. The lowest BCUT2D eigenvalue weighted by molar-refractivity contribution is 1.30. The largest absolute Gasteiger partial charge is 0.399 e. The summed E-state index contributed by atoms with van der Waals surface area (Å²) in [6.45, 7) is 2.13. The number of anilines is 1. The third-order valence-corrected chi connectivity index (χ3v) is 4.81. The highest BCUT2D eigenvalue weighted by Crippen LogP contribution is 2.42. The molecule has 20 heavy (non-hydrogen) atoms. The van der Waals surface area contributed by atoms with E-state index in [1.807, 2.05) is 18.2 Å². The monoisotopic (exact) mass is 278 g/mol. The zero-order valence-electron chi connectivity index (χ0n) is 11.2. The van der Waals surface area contributed by atoms with E-state index >= 15 is 0 Å². The van der Waals surface area contributed by atoms with Gasteiger partial charge in [0.1, 0.15) is 5.01 Å². The highest BCUT2D eigenvalue weighted by Gasteiger charge is 2.23. The normalized spacial score (nSPS) is 12.2. The smallest absolute Gasteiger partial charge is 0.124 e. The van der Waals surface area contributed by atoms with Crippen LogP contribution in [0.5, 0.6) is 0 Å². The molecule has 98 valence electrons. The summed E-state index contributed by atoms with van der Waals surface area (Å²) < 4.78 is 0. The number of rotatable bonds is 1. The van der Waals surface area contributed by atoms with Crippen LogP contribution in [0.4, 0.5) is 5.69 Å². The van der Waals surface area contributed by atoms with Crippen LogP contribution >= 0.6 is 11.3 Å². The second-order valence-corrected chi connectivity index (χ2v) is 6.34. The van der Waals surface area contributed by atoms with Gasteiger partial charge in [-0.25, -0.2) is 4.98 Å². The molecular weight excluding hydrogens is 264 g/mol. The first-order chi connectivity index (χ1) is 9.70. The van der Waals surface area contributed by atoms with Crippen molar-refractivity contribution in [3.8, 4) is 21.8 Å². The average molecular weight is 278 g/mol. The number of aryl methyl sites for hydroxylation is 1. The molecule has 0 radical (unpaired) electrons. The summed E-state index contributed by atoms with van der Waals surface area (Å²) in [6.07, 6.45) is 1.00. The second-order valence-electron chi connectivity index (χ2n) is 5.25. The van der Waals surface area contributed by atoms with Crippen LogP contribution in [0.3, 0.4) is 0 Å². The number of aromatic nitrogens is 1. The SMILES string of the molecule is Cc1ccc2c(c1)-c1nc(-c3cccc(N)c3)sc1C2. The van der Waals surface area contributed by atoms with E-state index in [4.69, 9.17) is 10.7 Å². The Bertz CT molecular complexity index is 818. The maximum Gasteiger partial charge on any atom is 0.124 e. The Morgan fingerprint density at radius 3 is 2.90 bits per heavy atom. The van der Waals surface area contributed by atoms with Gasteiger partial charge in [-0.1, -0.05) is 29.8 Å². The molecule has 1 aromatic heterocycles. The van der Waals surface area contributed by atoms with Crippen LogP contribution < -0.4 is 5.73 Å². The summed E-state index contributed by atoms with van der Waals surface area (Å²) in [7, 11) is 0. The van der Waals surface area contributed by atoms with E-state index in [9.17, 15) is 0 Å². The van der Waals surface area contributed by atoms with E-state index in [1.165, 1.54) is 21.6 Å². The number of benzene rings is 2. The molecule has 3 heteroatoms. The Hall–Kier alpha value is -2.13. The maximum atomic E-state index is 5.86. The fourth-order valence-corrected chi connectivity index (χ4v) is 3.81. The van der Waals surface area contributed by atoms with Crippen LogP contribution in [-0.2, 0) is 6.42 Å². The van der Waals surface area contributed by atoms with Crippen molar-refractivity contribution in [2.45, 2.75) is 13.3 Å². The van der Waals surface area contributed by atoms with E-state index in [0.29, 0.717) is 0 Å². The molecule has 0 amide bonds. The first-order valence-electron chi connectivity index (χ1n) is 6.66. The topological polar surface area (TPSA) is 38.9 Å². The zero-order chi connectivity index (χ0) is 13.7. The lowest BCUT2D eigenvalue weighted by atomic mass is 10.1. The van der Waals surface area contributed by atoms with Crippen molar-refractivity contribution in [3.63, 3.8) is 0 Å².